The Morgan fingerprint density at radius 1 is 0.907 bits per heavy atom. The second-order valence-corrected chi connectivity index (χ2v) is 11.0. The minimum absolute atomic E-state index is 0.0488. The van der Waals surface area contributed by atoms with Gasteiger partial charge in [0.15, 0.2) is 23.0 Å². The third kappa shape index (κ3) is 4.67. The summed E-state index contributed by atoms with van der Waals surface area (Å²) in [7, 11) is 3.17. The molecule has 43 heavy (non-hydrogen) atoms. The molecule has 10 nitrogen and oxygen atoms in total. The van der Waals surface area contributed by atoms with E-state index in [0.29, 0.717) is 59.6 Å². The van der Waals surface area contributed by atoms with Crippen LogP contribution in [0.2, 0.25) is 0 Å². The minimum atomic E-state index is -0.329. The molecule has 3 atom stereocenters. The Kier molecular flexibility index (Phi) is 6.76. The van der Waals surface area contributed by atoms with Crippen molar-refractivity contribution >= 4 is 17.9 Å². The molecular weight excluding hydrogens is 552 g/mol. The van der Waals surface area contributed by atoms with Crippen LogP contribution in [0.1, 0.15) is 29.5 Å². The van der Waals surface area contributed by atoms with Crippen LogP contribution in [0.3, 0.4) is 0 Å². The number of carbonyl (C=O) groups excluding carboxylic acids is 2. The quantitative estimate of drug-likeness (QED) is 0.401. The summed E-state index contributed by atoms with van der Waals surface area (Å²) in [5.41, 5.74) is 3.38. The smallest absolute Gasteiger partial charge is 0.250 e. The van der Waals surface area contributed by atoms with Gasteiger partial charge in [0.2, 0.25) is 31.0 Å². The Hall–Kier alpha value is -4.86. The second kappa shape index (κ2) is 10.8. The predicted molar refractivity (Wildman–Crippen MR) is 156 cm³/mol. The zero-order valence-corrected chi connectivity index (χ0v) is 24.2. The van der Waals surface area contributed by atoms with Gasteiger partial charge in [-0.3, -0.25) is 9.59 Å². The molecule has 0 aromatic heterocycles. The first-order valence-corrected chi connectivity index (χ1v) is 14.2. The lowest BCUT2D eigenvalue weighted by Crippen LogP contribution is -2.59. The summed E-state index contributed by atoms with van der Waals surface area (Å²) in [6, 6.07) is 16.9. The van der Waals surface area contributed by atoms with Gasteiger partial charge in [-0.15, -0.1) is 0 Å². The van der Waals surface area contributed by atoms with Crippen molar-refractivity contribution < 1.29 is 38.0 Å². The number of hydrogen-bond donors (Lipinski definition) is 0. The SMILES string of the molecule is COc1cc(C[C@H]2CN3C(=O)/C(=C\c4ccccc4)[C@H](c4cc(OC)c5c(c4)OCO5)[C@H]3CN2C(C)=O)cc2c1OCO2. The van der Waals surface area contributed by atoms with Gasteiger partial charge in [-0.05, 0) is 53.5 Å². The first-order valence-electron chi connectivity index (χ1n) is 14.2. The molecule has 4 aliphatic rings. The second-order valence-electron chi connectivity index (χ2n) is 11.0. The van der Waals surface area contributed by atoms with Gasteiger partial charge in [-0.1, -0.05) is 30.3 Å². The fourth-order valence-corrected chi connectivity index (χ4v) is 6.68. The van der Waals surface area contributed by atoms with E-state index in [2.05, 4.69) is 0 Å². The molecule has 2 amide bonds. The van der Waals surface area contributed by atoms with Crippen LogP contribution in [-0.2, 0) is 16.0 Å². The Labute approximate surface area is 249 Å². The van der Waals surface area contributed by atoms with Gasteiger partial charge in [0.1, 0.15) is 0 Å². The summed E-state index contributed by atoms with van der Waals surface area (Å²) >= 11 is 0. The van der Waals surface area contributed by atoms with Crippen molar-refractivity contribution in [2.75, 3.05) is 40.9 Å². The summed E-state index contributed by atoms with van der Waals surface area (Å²) < 4.78 is 33.8. The Bertz CT molecular complexity index is 1620. The number of piperazine rings is 1. The van der Waals surface area contributed by atoms with Gasteiger partial charge >= 0.3 is 0 Å². The molecular formula is C33H32N2O8. The van der Waals surface area contributed by atoms with Crippen molar-refractivity contribution in [1.29, 1.82) is 0 Å². The van der Waals surface area contributed by atoms with E-state index in [1.54, 1.807) is 21.1 Å². The van der Waals surface area contributed by atoms with Gasteiger partial charge in [0.05, 0.1) is 26.3 Å². The van der Waals surface area contributed by atoms with Crippen LogP contribution in [-0.4, -0.2) is 74.6 Å². The molecule has 0 N–H and O–H groups in total. The third-order valence-corrected chi connectivity index (χ3v) is 8.62. The van der Waals surface area contributed by atoms with Crippen LogP contribution >= 0.6 is 0 Å². The van der Waals surface area contributed by atoms with Crippen molar-refractivity contribution in [3.63, 3.8) is 0 Å². The molecule has 4 aliphatic heterocycles. The lowest BCUT2D eigenvalue weighted by molar-refractivity contribution is -0.140. The number of fused-ring (bicyclic) bond motifs is 3. The molecule has 0 saturated carbocycles. The molecule has 4 heterocycles. The molecule has 7 rings (SSSR count). The first-order chi connectivity index (χ1) is 20.9. The van der Waals surface area contributed by atoms with Gasteiger partial charge < -0.3 is 38.2 Å². The first kappa shape index (κ1) is 27.0. The number of hydrogen-bond acceptors (Lipinski definition) is 8. The largest absolute Gasteiger partial charge is 0.493 e. The highest BCUT2D eigenvalue weighted by Crippen LogP contribution is 2.49. The highest BCUT2D eigenvalue weighted by Gasteiger charge is 2.50. The molecule has 2 saturated heterocycles. The summed E-state index contributed by atoms with van der Waals surface area (Å²) in [6.07, 6.45) is 2.47. The van der Waals surface area contributed by atoms with Gasteiger partial charge in [0, 0.05) is 31.5 Å². The average molecular weight is 585 g/mol. The number of amides is 2. The van der Waals surface area contributed by atoms with Crippen LogP contribution in [0.15, 0.2) is 60.2 Å². The number of rotatable bonds is 6. The number of nitrogens with zero attached hydrogens (tertiary/aromatic N) is 2. The number of ether oxygens (including phenoxy) is 6. The van der Waals surface area contributed by atoms with E-state index in [-0.39, 0.29) is 43.4 Å². The Balaban J connectivity index is 1.28. The maximum absolute atomic E-state index is 14.3. The zero-order valence-electron chi connectivity index (χ0n) is 24.2. The van der Waals surface area contributed by atoms with Crippen LogP contribution in [0.5, 0.6) is 34.5 Å². The zero-order chi connectivity index (χ0) is 29.7. The third-order valence-electron chi connectivity index (χ3n) is 8.62. The highest BCUT2D eigenvalue weighted by atomic mass is 16.7. The molecule has 3 aromatic carbocycles. The molecule has 2 fully saturated rings. The fourth-order valence-electron chi connectivity index (χ4n) is 6.68. The summed E-state index contributed by atoms with van der Waals surface area (Å²) in [6.45, 7) is 2.57. The van der Waals surface area contributed by atoms with Crippen molar-refractivity contribution in [3.8, 4) is 34.5 Å². The van der Waals surface area contributed by atoms with E-state index in [0.717, 1.165) is 16.7 Å². The topological polar surface area (TPSA) is 96.0 Å². The monoisotopic (exact) mass is 584 g/mol. The van der Waals surface area contributed by atoms with Gasteiger partial charge in [-0.2, -0.15) is 0 Å². The number of carbonyl (C=O) groups is 2. The fraction of sp³-hybridized carbons (Fsp3) is 0.333. The van der Waals surface area contributed by atoms with Crippen molar-refractivity contribution in [2.45, 2.75) is 31.3 Å². The van der Waals surface area contributed by atoms with Crippen molar-refractivity contribution in [2.24, 2.45) is 0 Å². The van der Waals surface area contributed by atoms with Gasteiger partial charge in [-0.25, -0.2) is 0 Å². The van der Waals surface area contributed by atoms with Crippen LogP contribution in [0, 0.1) is 0 Å². The lowest BCUT2D eigenvalue weighted by Gasteiger charge is -2.44. The average Bonchev–Trinajstić information content (AvgIpc) is 3.75. The molecule has 3 aromatic rings. The Morgan fingerprint density at radius 2 is 1.58 bits per heavy atom. The maximum atomic E-state index is 14.3. The maximum Gasteiger partial charge on any atom is 0.250 e. The van der Waals surface area contributed by atoms with Gasteiger partial charge in [0.25, 0.3) is 5.91 Å². The van der Waals surface area contributed by atoms with E-state index in [1.165, 1.54) is 0 Å². The van der Waals surface area contributed by atoms with E-state index >= 15 is 0 Å². The summed E-state index contributed by atoms with van der Waals surface area (Å²) in [5, 5.41) is 0. The van der Waals surface area contributed by atoms with Crippen LogP contribution in [0.4, 0.5) is 0 Å². The molecule has 0 aliphatic carbocycles. The van der Waals surface area contributed by atoms with Crippen LogP contribution < -0.4 is 28.4 Å². The van der Waals surface area contributed by atoms with Crippen molar-refractivity contribution in [1.82, 2.24) is 9.80 Å². The number of methoxy groups -OCH3 is 2. The number of benzene rings is 3. The van der Waals surface area contributed by atoms with Crippen LogP contribution in [0.25, 0.3) is 6.08 Å². The highest BCUT2D eigenvalue weighted by molar-refractivity contribution is 6.03. The van der Waals surface area contributed by atoms with E-state index in [1.807, 2.05) is 70.5 Å². The molecule has 222 valence electrons. The molecule has 10 heteroatoms. The van der Waals surface area contributed by atoms with E-state index in [4.69, 9.17) is 28.4 Å². The Morgan fingerprint density at radius 3 is 2.26 bits per heavy atom. The normalized spacial score (nSPS) is 22.6. The van der Waals surface area contributed by atoms with E-state index < -0.39 is 0 Å². The van der Waals surface area contributed by atoms with E-state index in [9.17, 15) is 9.59 Å². The standard InChI is InChI=1S/C33H32N2O8/c1-19(36)34-16-25-30(22-13-27(39-3)32-29(14-22)41-18-43-32)24(10-20-7-5-4-6-8-20)33(37)35(25)15-23(34)9-21-11-26(38-2)31-28(12-21)40-17-42-31/h4-8,10-14,23,25,30H,9,15-18H2,1-3H3/b24-10-/t23-,25+,30-/m0/s1. The molecule has 0 unspecified atom stereocenters. The molecule has 0 spiro atoms. The summed E-state index contributed by atoms with van der Waals surface area (Å²) in [5.74, 6) is 3.01. The molecule has 0 radical (unpaired) electrons. The lowest BCUT2D eigenvalue weighted by atomic mass is 9.85. The molecule has 0 bridgehead atoms. The van der Waals surface area contributed by atoms with Crippen molar-refractivity contribution in [3.05, 3.63) is 76.9 Å². The summed E-state index contributed by atoms with van der Waals surface area (Å²) in [4.78, 5) is 31.2. The predicted octanol–water partition coefficient (Wildman–Crippen LogP) is 4.01. The minimum Gasteiger partial charge on any atom is -0.493 e.